The second-order valence-electron chi connectivity index (χ2n) is 6.98. The number of fused-ring (bicyclic) bond motifs is 1. The Hall–Kier alpha value is -3.45. The summed E-state index contributed by atoms with van der Waals surface area (Å²) < 4.78 is 1.35. The van der Waals surface area contributed by atoms with Gasteiger partial charge in [-0.15, -0.1) is 0 Å². The lowest BCUT2D eigenvalue weighted by Gasteiger charge is -2.08. The van der Waals surface area contributed by atoms with Crippen LogP contribution >= 0.6 is 11.6 Å². The number of rotatable bonds is 4. The Kier molecular flexibility index (Phi) is 4.68. The van der Waals surface area contributed by atoms with Gasteiger partial charge in [0.15, 0.2) is 17.2 Å². The Balaban J connectivity index is 1.99. The summed E-state index contributed by atoms with van der Waals surface area (Å²) in [6, 6.07) is 14.5. The quantitative estimate of drug-likeness (QED) is 0.538. The first-order valence-electron chi connectivity index (χ1n) is 9.04. The molecule has 2 aromatic carbocycles. The van der Waals surface area contributed by atoms with Gasteiger partial charge < -0.3 is 10.7 Å². The largest absolute Gasteiger partial charge is 0.364 e. The molecular formula is C21H18ClN5O2. The Morgan fingerprint density at radius 1 is 1.14 bits per heavy atom. The maximum Gasteiger partial charge on any atom is 0.332 e. The molecule has 3 N–H and O–H groups in total. The van der Waals surface area contributed by atoms with E-state index in [0.717, 1.165) is 0 Å². The molecular weight excluding hydrogens is 390 g/mol. The highest BCUT2D eigenvalue weighted by Gasteiger charge is 2.20. The van der Waals surface area contributed by atoms with Gasteiger partial charge in [0.25, 0.3) is 5.91 Å². The molecule has 0 unspecified atom stereocenters. The first-order valence-corrected chi connectivity index (χ1v) is 9.42. The van der Waals surface area contributed by atoms with Gasteiger partial charge in [0.1, 0.15) is 5.52 Å². The second kappa shape index (κ2) is 7.18. The number of imidazole rings is 1. The van der Waals surface area contributed by atoms with E-state index in [-0.39, 0.29) is 16.9 Å². The number of H-pyrrole nitrogens is 1. The van der Waals surface area contributed by atoms with Crippen molar-refractivity contribution in [3.05, 3.63) is 75.3 Å². The second-order valence-corrected chi connectivity index (χ2v) is 7.42. The molecule has 0 spiro atoms. The minimum atomic E-state index is -0.753. The van der Waals surface area contributed by atoms with Crippen LogP contribution in [0.4, 0.5) is 0 Å². The lowest BCUT2D eigenvalue weighted by Crippen LogP contribution is -2.15. The molecule has 1 amide bonds. The monoisotopic (exact) mass is 407 g/mol. The van der Waals surface area contributed by atoms with Crippen molar-refractivity contribution in [1.29, 1.82) is 0 Å². The summed E-state index contributed by atoms with van der Waals surface area (Å²) in [6.45, 7) is 4.21. The minimum absolute atomic E-state index is 0.0455. The Morgan fingerprint density at radius 2 is 1.86 bits per heavy atom. The molecule has 29 heavy (non-hydrogen) atoms. The molecule has 0 saturated heterocycles. The fourth-order valence-electron chi connectivity index (χ4n) is 3.16. The SMILES string of the molecule is CC(C)c1ccc(-c2nc(C(N)=O)c3[nH]c(=O)n(-c4cccc(Cl)c4)c3n2)cc1. The molecule has 146 valence electrons. The number of halogens is 1. The van der Waals surface area contributed by atoms with E-state index in [1.165, 1.54) is 10.1 Å². The highest BCUT2D eigenvalue weighted by atomic mass is 35.5. The zero-order chi connectivity index (χ0) is 20.7. The highest BCUT2D eigenvalue weighted by Crippen LogP contribution is 2.24. The fraction of sp³-hybridized carbons (Fsp3) is 0.143. The van der Waals surface area contributed by atoms with Crippen LogP contribution < -0.4 is 11.4 Å². The third-order valence-corrected chi connectivity index (χ3v) is 4.91. The lowest BCUT2D eigenvalue weighted by molar-refractivity contribution is 0.0997. The van der Waals surface area contributed by atoms with Crippen molar-refractivity contribution in [3.8, 4) is 17.1 Å². The third kappa shape index (κ3) is 3.40. The van der Waals surface area contributed by atoms with Crippen LogP contribution in [0.25, 0.3) is 28.2 Å². The molecule has 0 bridgehead atoms. The van der Waals surface area contributed by atoms with Crippen LogP contribution in [0.2, 0.25) is 5.02 Å². The highest BCUT2D eigenvalue weighted by molar-refractivity contribution is 6.30. The molecule has 0 atom stereocenters. The van der Waals surface area contributed by atoms with E-state index in [1.807, 2.05) is 24.3 Å². The first-order chi connectivity index (χ1) is 13.8. The van der Waals surface area contributed by atoms with Crippen molar-refractivity contribution in [2.75, 3.05) is 0 Å². The number of primary amides is 1. The number of amides is 1. The van der Waals surface area contributed by atoms with Gasteiger partial charge in [0.2, 0.25) is 0 Å². The number of nitrogens with one attached hydrogen (secondary N) is 1. The van der Waals surface area contributed by atoms with Crippen LogP contribution in [0.5, 0.6) is 0 Å². The number of benzene rings is 2. The molecule has 0 radical (unpaired) electrons. The van der Waals surface area contributed by atoms with Gasteiger partial charge in [-0.25, -0.2) is 19.3 Å². The summed E-state index contributed by atoms with van der Waals surface area (Å²) in [4.78, 5) is 36.2. The first kappa shape index (κ1) is 18.9. The minimum Gasteiger partial charge on any atom is -0.364 e. The van der Waals surface area contributed by atoms with Gasteiger partial charge in [-0.05, 0) is 29.7 Å². The van der Waals surface area contributed by atoms with Crippen LogP contribution in [-0.4, -0.2) is 25.4 Å². The topological polar surface area (TPSA) is 107 Å². The van der Waals surface area contributed by atoms with Gasteiger partial charge in [-0.2, -0.15) is 0 Å². The Morgan fingerprint density at radius 3 is 2.48 bits per heavy atom. The molecule has 4 aromatic rings. The molecule has 7 nitrogen and oxygen atoms in total. The van der Waals surface area contributed by atoms with E-state index in [1.54, 1.807) is 24.3 Å². The van der Waals surface area contributed by atoms with Crippen molar-refractivity contribution in [3.63, 3.8) is 0 Å². The van der Waals surface area contributed by atoms with Crippen LogP contribution in [-0.2, 0) is 0 Å². The summed E-state index contributed by atoms with van der Waals surface area (Å²) in [5.74, 6) is -0.0698. The molecule has 0 fully saturated rings. The summed E-state index contributed by atoms with van der Waals surface area (Å²) in [7, 11) is 0. The van der Waals surface area contributed by atoms with Crippen LogP contribution in [0.3, 0.4) is 0 Å². The van der Waals surface area contributed by atoms with Gasteiger partial charge in [-0.3, -0.25) is 4.79 Å². The predicted octanol–water partition coefficient (Wildman–Crippen LogP) is 3.65. The van der Waals surface area contributed by atoms with Crippen LogP contribution in [0.15, 0.2) is 53.3 Å². The van der Waals surface area contributed by atoms with Crippen molar-refractivity contribution in [1.82, 2.24) is 19.5 Å². The molecule has 0 aliphatic rings. The predicted molar refractivity (Wildman–Crippen MR) is 113 cm³/mol. The number of aromatic amines is 1. The van der Waals surface area contributed by atoms with Crippen molar-refractivity contribution >= 4 is 28.7 Å². The molecule has 0 aliphatic carbocycles. The standard InChI is InChI=1S/C21H18ClN5O2/c1-11(2)12-6-8-13(9-7-12)19-24-16(18(23)28)17-20(26-19)27(21(29)25-17)15-5-3-4-14(22)10-15/h3-11H,1-2H3,(H2,23,28)(H,25,29). The van der Waals surface area contributed by atoms with Crippen LogP contribution in [0.1, 0.15) is 35.8 Å². The summed E-state index contributed by atoms with van der Waals surface area (Å²) >= 11 is 6.08. The summed E-state index contributed by atoms with van der Waals surface area (Å²) in [5, 5.41) is 0.470. The summed E-state index contributed by atoms with van der Waals surface area (Å²) in [6.07, 6.45) is 0. The average Bonchev–Trinajstić information content (AvgIpc) is 3.02. The zero-order valence-electron chi connectivity index (χ0n) is 15.8. The van der Waals surface area contributed by atoms with Gasteiger partial charge >= 0.3 is 5.69 Å². The van der Waals surface area contributed by atoms with E-state index in [4.69, 9.17) is 17.3 Å². The maximum atomic E-state index is 12.6. The normalized spacial score (nSPS) is 11.3. The average molecular weight is 408 g/mol. The molecule has 8 heteroatoms. The maximum absolute atomic E-state index is 12.6. The Labute approximate surface area is 171 Å². The number of hydrogen-bond donors (Lipinski definition) is 2. The molecule has 4 rings (SSSR count). The summed E-state index contributed by atoms with van der Waals surface area (Å²) in [5.41, 5.74) is 7.86. The van der Waals surface area contributed by atoms with Crippen LogP contribution in [0, 0.1) is 0 Å². The van der Waals surface area contributed by atoms with E-state index < -0.39 is 11.6 Å². The van der Waals surface area contributed by atoms with Crippen molar-refractivity contribution in [2.24, 2.45) is 5.73 Å². The molecule has 2 aromatic heterocycles. The van der Waals surface area contributed by atoms with Crippen molar-refractivity contribution in [2.45, 2.75) is 19.8 Å². The lowest BCUT2D eigenvalue weighted by atomic mass is 10.0. The van der Waals surface area contributed by atoms with Gasteiger partial charge in [-0.1, -0.05) is 55.8 Å². The van der Waals surface area contributed by atoms with E-state index in [9.17, 15) is 9.59 Å². The number of hydrogen-bond acceptors (Lipinski definition) is 4. The molecule has 0 aliphatic heterocycles. The zero-order valence-corrected chi connectivity index (χ0v) is 16.6. The van der Waals surface area contributed by atoms with Crippen molar-refractivity contribution < 1.29 is 4.79 Å². The number of aromatic nitrogens is 4. The number of nitrogens with two attached hydrogens (primary N) is 1. The molecule has 2 heterocycles. The number of carbonyl (C=O) groups is 1. The Bertz CT molecular complexity index is 1290. The van der Waals surface area contributed by atoms with E-state index >= 15 is 0 Å². The molecule has 0 saturated carbocycles. The number of nitrogens with zero attached hydrogens (tertiary/aromatic N) is 3. The van der Waals surface area contributed by atoms with E-state index in [0.29, 0.717) is 28.0 Å². The smallest absolute Gasteiger partial charge is 0.332 e. The fourth-order valence-corrected chi connectivity index (χ4v) is 3.35. The van der Waals surface area contributed by atoms with Gasteiger partial charge in [0.05, 0.1) is 5.69 Å². The number of carbonyl (C=O) groups excluding carboxylic acids is 1. The van der Waals surface area contributed by atoms with Gasteiger partial charge in [0, 0.05) is 10.6 Å². The third-order valence-electron chi connectivity index (χ3n) is 4.67. The van der Waals surface area contributed by atoms with E-state index in [2.05, 4.69) is 28.8 Å².